The summed E-state index contributed by atoms with van der Waals surface area (Å²) in [6.07, 6.45) is 0. The Morgan fingerprint density at radius 2 is 1.90 bits per heavy atom. The number of benzene rings is 2. The molecule has 1 N–H and O–H groups in total. The van der Waals surface area contributed by atoms with E-state index in [2.05, 4.69) is 0 Å². The van der Waals surface area contributed by atoms with Crippen molar-refractivity contribution < 1.29 is 18.7 Å². The molecule has 0 bridgehead atoms. The number of hydrogen-bond donors (Lipinski definition) is 1. The van der Waals surface area contributed by atoms with Crippen LogP contribution in [0.3, 0.4) is 0 Å². The van der Waals surface area contributed by atoms with Crippen LogP contribution in [0, 0.1) is 0 Å². The van der Waals surface area contributed by atoms with Gasteiger partial charge in [0, 0.05) is 11.5 Å². The molecule has 0 aliphatic heterocycles. The Kier molecular flexibility index (Phi) is 2.27. The first-order valence-corrected chi connectivity index (χ1v) is 6.34. The van der Waals surface area contributed by atoms with E-state index in [1.807, 2.05) is 0 Å². The lowest BCUT2D eigenvalue weighted by atomic mass is 10.1. The van der Waals surface area contributed by atoms with Gasteiger partial charge in [0.1, 0.15) is 16.7 Å². The molecular weight excluding hydrogens is 272 g/mol. The third kappa shape index (κ3) is 1.54. The average molecular weight is 282 g/mol. The number of aromatic hydroxyl groups is 1. The van der Waals surface area contributed by atoms with Crippen LogP contribution >= 0.6 is 0 Å². The number of para-hydroxylation sites is 1. The smallest absolute Gasteiger partial charge is 0.348 e. The maximum Gasteiger partial charge on any atom is 0.348 e. The lowest BCUT2D eigenvalue weighted by Gasteiger charge is -1.98. The summed E-state index contributed by atoms with van der Waals surface area (Å²) in [7, 11) is 1.54. The second kappa shape index (κ2) is 4.02. The van der Waals surface area contributed by atoms with E-state index < -0.39 is 5.63 Å². The van der Waals surface area contributed by atoms with Crippen LogP contribution in [0.25, 0.3) is 32.9 Å². The van der Waals surface area contributed by atoms with Gasteiger partial charge in [0.2, 0.25) is 0 Å². The number of fused-ring (bicyclic) bond motifs is 5. The van der Waals surface area contributed by atoms with Crippen LogP contribution < -0.4 is 10.4 Å². The monoisotopic (exact) mass is 282 g/mol. The highest BCUT2D eigenvalue weighted by atomic mass is 16.5. The van der Waals surface area contributed by atoms with Gasteiger partial charge in [0.05, 0.1) is 12.5 Å². The molecule has 0 spiro atoms. The highest BCUT2D eigenvalue weighted by Gasteiger charge is 2.18. The fourth-order valence-corrected chi connectivity index (χ4v) is 2.58. The van der Waals surface area contributed by atoms with Crippen LogP contribution in [0.1, 0.15) is 0 Å². The van der Waals surface area contributed by atoms with Crippen molar-refractivity contribution in [3.8, 4) is 11.5 Å². The number of phenolic OH excluding ortho intramolecular Hbond substituents is 1. The molecule has 4 rings (SSSR count). The zero-order chi connectivity index (χ0) is 14.6. The van der Waals surface area contributed by atoms with Crippen molar-refractivity contribution in [2.24, 2.45) is 0 Å². The quantitative estimate of drug-likeness (QED) is 0.542. The molecule has 5 heteroatoms. The van der Waals surface area contributed by atoms with Gasteiger partial charge in [0.25, 0.3) is 0 Å². The minimum absolute atomic E-state index is 0.0266. The predicted octanol–water partition coefficient (Wildman–Crippen LogP) is 3.41. The van der Waals surface area contributed by atoms with Crippen LogP contribution in [0.15, 0.2) is 50.0 Å². The first kappa shape index (κ1) is 11.8. The van der Waals surface area contributed by atoms with E-state index >= 15 is 0 Å². The van der Waals surface area contributed by atoms with Crippen LogP contribution in [-0.2, 0) is 0 Å². The average Bonchev–Trinajstić information content (AvgIpc) is 2.86. The number of hydrogen-bond acceptors (Lipinski definition) is 5. The lowest BCUT2D eigenvalue weighted by molar-refractivity contribution is 0.412. The summed E-state index contributed by atoms with van der Waals surface area (Å²) in [5.41, 5.74) is 0.712. The van der Waals surface area contributed by atoms with E-state index in [1.54, 1.807) is 31.4 Å². The third-order valence-electron chi connectivity index (χ3n) is 3.52. The van der Waals surface area contributed by atoms with E-state index in [0.717, 1.165) is 0 Å². The van der Waals surface area contributed by atoms with Gasteiger partial charge in [-0.1, -0.05) is 6.07 Å². The van der Waals surface area contributed by atoms with Gasteiger partial charge in [-0.15, -0.1) is 0 Å². The summed E-state index contributed by atoms with van der Waals surface area (Å²) >= 11 is 0. The Morgan fingerprint density at radius 1 is 1.05 bits per heavy atom. The molecule has 0 aliphatic carbocycles. The minimum Gasteiger partial charge on any atom is -0.508 e. The van der Waals surface area contributed by atoms with Gasteiger partial charge in [-0.25, -0.2) is 4.79 Å². The van der Waals surface area contributed by atoms with Crippen LogP contribution in [0.2, 0.25) is 0 Å². The number of phenols is 1. The summed E-state index contributed by atoms with van der Waals surface area (Å²) in [4.78, 5) is 12.2. The SMILES string of the molecule is COc1cccc2c1oc1c3ccc(O)cc3oc(=O)c21. The molecule has 0 atom stereocenters. The summed E-state index contributed by atoms with van der Waals surface area (Å²) in [6.45, 7) is 0. The van der Waals surface area contributed by atoms with E-state index in [0.29, 0.717) is 33.1 Å². The Hall–Kier alpha value is -2.95. The maximum atomic E-state index is 12.2. The Morgan fingerprint density at radius 3 is 2.71 bits per heavy atom. The molecule has 2 aromatic carbocycles. The Labute approximate surface area is 118 Å². The van der Waals surface area contributed by atoms with E-state index in [9.17, 15) is 9.90 Å². The van der Waals surface area contributed by atoms with E-state index in [-0.39, 0.29) is 11.3 Å². The minimum atomic E-state index is -0.505. The molecule has 0 saturated heterocycles. The van der Waals surface area contributed by atoms with Gasteiger partial charge >= 0.3 is 5.63 Å². The molecule has 104 valence electrons. The molecule has 2 aromatic heterocycles. The van der Waals surface area contributed by atoms with Crippen molar-refractivity contribution >= 4 is 32.9 Å². The summed E-state index contributed by atoms with van der Waals surface area (Å²) in [5.74, 6) is 0.578. The zero-order valence-corrected chi connectivity index (χ0v) is 11.0. The molecule has 0 unspecified atom stereocenters. The second-order valence-electron chi connectivity index (χ2n) is 4.71. The van der Waals surface area contributed by atoms with Crippen LogP contribution in [-0.4, -0.2) is 12.2 Å². The van der Waals surface area contributed by atoms with Crippen LogP contribution in [0.5, 0.6) is 11.5 Å². The van der Waals surface area contributed by atoms with E-state index in [4.69, 9.17) is 13.6 Å². The fraction of sp³-hybridized carbons (Fsp3) is 0.0625. The summed E-state index contributed by atoms with van der Waals surface area (Å²) < 4.78 is 16.4. The van der Waals surface area contributed by atoms with Crippen molar-refractivity contribution in [2.45, 2.75) is 0 Å². The molecule has 0 aliphatic rings. The molecule has 5 nitrogen and oxygen atoms in total. The first-order valence-electron chi connectivity index (χ1n) is 6.34. The number of furan rings is 1. The topological polar surface area (TPSA) is 72.8 Å². The molecular formula is C16H10O5. The molecule has 0 amide bonds. The van der Waals surface area contributed by atoms with Crippen LogP contribution in [0.4, 0.5) is 0 Å². The molecule has 21 heavy (non-hydrogen) atoms. The maximum absolute atomic E-state index is 12.2. The second-order valence-corrected chi connectivity index (χ2v) is 4.71. The van der Waals surface area contributed by atoms with Crippen molar-refractivity contribution in [1.29, 1.82) is 0 Å². The highest BCUT2D eigenvalue weighted by molar-refractivity contribution is 6.14. The third-order valence-corrected chi connectivity index (χ3v) is 3.52. The van der Waals surface area contributed by atoms with Gasteiger partial charge < -0.3 is 18.7 Å². The van der Waals surface area contributed by atoms with Gasteiger partial charge in [-0.3, -0.25) is 0 Å². The van der Waals surface area contributed by atoms with Crippen molar-refractivity contribution in [2.75, 3.05) is 7.11 Å². The predicted molar refractivity (Wildman–Crippen MR) is 78.0 cm³/mol. The fourth-order valence-electron chi connectivity index (χ4n) is 2.58. The van der Waals surface area contributed by atoms with Gasteiger partial charge in [-0.05, 0) is 24.3 Å². The molecule has 0 radical (unpaired) electrons. The van der Waals surface area contributed by atoms with Gasteiger partial charge in [0.15, 0.2) is 16.9 Å². The largest absolute Gasteiger partial charge is 0.508 e. The first-order chi connectivity index (χ1) is 10.2. The Bertz CT molecular complexity index is 1060. The normalized spacial score (nSPS) is 11.5. The summed E-state index contributed by atoms with van der Waals surface area (Å²) in [6, 6.07) is 9.90. The molecule has 0 fully saturated rings. The molecule has 4 aromatic rings. The highest BCUT2D eigenvalue weighted by Crippen LogP contribution is 2.36. The number of ether oxygens (including phenoxy) is 1. The number of methoxy groups -OCH3 is 1. The molecule has 0 saturated carbocycles. The summed E-state index contributed by atoms with van der Waals surface area (Å²) in [5, 5.41) is 11.2. The lowest BCUT2D eigenvalue weighted by Crippen LogP contribution is -1.98. The van der Waals surface area contributed by atoms with E-state index in [1.165, 1.54) is 12.1 Å². The zero-order valence-electron chi connectivity index (χ0n) is 11.0. The standard InChI is InChI=1S/C16H10O5/c1-19-11-4-2-3-10-13-15(21-14(10)11)9-6-5-8(17)7-12(9)20-16(13)18/h2-7,17H,1H3. The van der Waals surface area contributed by atoms with Crippen molar-refractivity contribution in [1.82, 2.24) is 0 Å². The Balaban J connectivity index is 2.31. The van der Waals surface area contributed by atoms with Crippen molar-refractivity contribution in [3.63, 3.8) is 0 Å². The molecule has 2 heterocycles. The number of rotatable bonds is 1. The van der Waals surface area contributed by atoms with Gasteiger partial charge in [-0.2, -0.15) is 0 Å². The van der Waals surface area contributed by atoms with Crippen molar-refractivity contribution in [3.05, 3.63) is 46.8 Å².